The summed E-state index contributed by atoms with van der Waals surface area (Å²) in [4.78, 5) is 18.4. The van der Waals surface area contributed by atoms with E-state index in [0.717, 1.165) is 16.5 Å². The summed E-state index contributed by atoms with van der Waals surface area (Å²) in [5.41, 5.74) is 0.868. The molecule has 0 radical (unpaired) electrons. The van der Waals surface area contributed by atoms with E-state index in [0.29, 0.717) is 30.5 Å². The molecule has 0 saturated carbocycles. The van der Waals surface area contributed by atoms with Crippen molar-refractivity contribution in [2.45, 2.75) is 12.5 Å². The SMILES string of the molecule is COc1ccc(/C=C/C(=O)N2CCC(Oc3ccc(Br)cn3)C2)cc1OC. The molecule has 7 heteroatoms. The van der Waals surface area contributed by atoms with Crippen molar-refractivity contribution in [3.05, 3.63) is 52.6 Å². The van der Waals surface area contributed by atoms with E-state index >= 15 is 0 Å². The van der Waals surface area contributed by atoms with Crippen molar-refractivity contribution in [1.82, 2.24) is 9.88 Å². The first-order valence-electron chi connectivity index (χ1n) is 8.56. The standard InChI is InChI=1S/C20H21BrN2O4/c1-25-17-6-3-14(11-18(17)26-2)4-8-20(24)23-10-9-16(13-23)27-19-7-5-15(21)12-22-19/h3-8,11-12,16H,9-10,13H2,1-2H3/b8-4+. The number of hydrogen-bond acceptors (Lipinski definition) is 5. The van der Waals surface area contributed by atoms with Crippen LogP contribution in [0.2, 0.25) is 0 Å². The summed E-state index contributed by atoms with van der Waals surface area (Å²) in [6.45, 7) is 1.21. The zero-order valence-electron chi connectivity index (χ0n) is 15.2. The zero-order valence-corrected chi connectivity index (χ0v) is 16.8. The summed E-state index contributed by atoms with van der Waals surface area (Å²) in [7, 11) is 3.17. The summed E-state index contributed by atoms with van der Waals surface area (Å²) in [6, 6.07) is 9.21. The molecule has 1 atom stereocenters. The minimum absolute atomic E-state index is 0.0420. The van der Waals surface area contributed by atoms with E-state index in [9.17, 15) is 4.79 Å². The van der Waals surface area contributed by atoms with Gasteiger partial charge in [0.15, 0.2) is 11.5 Å². The summed E-state index contributed by atoms with van der Waals surface area (Å²) >= 11 is 3.35. The average molecular weight is 433 g/mol. The van der Waals surface area contributed by atoms with Crippen molar-refractivity contribution in [1.29, 1.82) is 0 Å². The van der Waals surface area contributed by atoms with Gasteiger partial charge in [-0.1, -0.05) is 6.07 Å². The van der Waals surface area contributed by atoms with Gasteiger partial charge in [-0.05, 0) is 45.8 Å². The predicted octanol–water partition coefficient (Wildman–Crippen LogP) is 3.55. The summed E-state index contributed by atoms with van der Waals surface area (Å²) in [5, 5.41) is 0. The van der Waals surface area contributed by atoms with Crippen molar-refractivity contribution in [2.75, 3.05) is 27.3 Å². The van der Waals surface area contributed by atoms with Gasteiger partial charge in [0.1, 0.15) is 6.10 Å². The molecule has 1 aliphatic heterocycles. The third-order valence-corrected chi connectivity index (χ3v) is 4.74. The number of methoxy groups -OCH3 is 2. The van der Waals surface area contributed by atoms with E-state index in [-0.39, 0.29) is 12.0 Å². The zero-order chi connectivity index (χ0) is 19.2. The van der Waals surface area contributed by atoms with Crippen LogP contribution in [0.5, 0.6) is 17.4 Å². The molecule has 3 rings (SSSR count). The minimum Gasteiger partial charge on any atom is -0.493 e. The van der Waals surface area contributed by atoms with Crippen molar-refractivity contribution >= 4 is 27.9 Å². The maximum atomic E-state index is 12.4. The van der Waals surface area contributed by atoms with E-state index in [1.807, 2.05) is 30.3 Å². The Morgan fingerprint density at radius 1 is 1.22 bits per heavy atom. The van der Waals surface area contributed by atoms with Gasteiger partial charge in [0, 0.05) is 35.8 Å². The molecule has 0 aliphatic carbocycles. The van der Waals surface area contributed by atoms with E-state index in [2.05, 4.69) is 20.9 Å². The van der Waals surface area contributed by atoms with E-state index < -0.39 is 0 Å². The monoisotopic (exact) mass is 432 g/mol. The molecule has 6 nitrogen and oxygen atoms in total. The lowest BCUT2D eigenvalue weighted by Crippen LogP contribution is -2.29. The fraction of sp³-hybridized carbons (Fsp3) is 0.300. The highest BCUT2D eigenvalue weighted by atomic mass is 79.9. The smallest absolute Gasteiger partial charge is 0.246 e. The quantitative estimate of drug-likeness (QED) is 0.653. The number of hydrogen-bond donors (Lipinski definition) is 0. The highest BCUT2D eigenvalue weighted by molar-refractivity contribution is 9.10. The van der Waals surface area contributed by atoms with Crippen molar-refractivity contribution in [3.63, 3.8) is 0 Å². The first kappa shape index (κ1) is 19.2. The second-order valence-corrected chi connectivity index (χ2v) is 6.99. The van der Waals surface area contributed by atoms with Crippen LogP contribution in [0.15, 0.2) is 47.1 Å². The number of amides is 1. The molecular formula is C20H21BrN2O4. The predicted molar refractivity (Wildman–Crippen MR) is 106 cm³/mol. The minimum atomic E-state index is -0.0443. The molecule has 1 fully saturated rings. The van der Waals surface area contributed by atoms with Crippen molar-refractivity contribution in [3.8, 4) is 17.4 Å². The Morgan fingerprint density at radius 3 is 2.74 bits per heavy atom. The number of likely N-dealkylation sites (tertiary alicyclic amines) is 1. The Bertz CT molecular complexity index is 823. The maximum Gasteiger partial charge on any atom is 0.246 e. The molecule has 1 amide bonds. The molecule has 27 heavy (non-hydrogen) atoms. The molecule has 0 spiro atoms. The Hall–Kier alpha value is -2.54. The second kappa shape index (κ2) is 8.90. The number of ether oxygens (including phenoxy) is 3. The molecule has 142 valence electrons. The highest BCUT2D eigenvalue weighted by Crippen LogP contribution is 2.28. The molecule has 1 aromatic carbocycles. The Kier molecular flexibility index (Phi) is 6.34. The van der Waals surface area contributed by atoms with Crippen LogP contribution < -0.4 is 14.2 Å². The van der Waals surface area contributed by atoms with E-state index in [1.54, 1.807) is 37.5 Å². The van der Waals surface area contributed by atoms with Crippen LogP contribution in [0.4, 0.5) is 0 Å². The third kappa shape index (κ3) is 5.01. The Labute approximate surface area is 166 Å². The highest BCUT2D eigenvalue weighted by Gasteiger charge is 2.26. The van der Waals surface area contributed by atoms with Crippen LogP contribution in [0.1, 0.15) is 12.0 Å². The number of benzene rings is 1. The number of rotatable bonds is 6. The van der Waals surface area contributed by atoms with E-state index in [4.69, 9.17) is 14.2 Å². The molecule has 1 aliphatic rings. The normalized spacial score (nSPS) is 16.6. The Balaban J connectivity index is 1.57. The topological polar surface area (TPSA) is 60.9 Å². The fourth-order valence-corrected chi connectivity index (χ4v) is 3.09. The van der Waals surface area contributed by atoms with Gasteiger partial charge in [0.05, 0.1) is 20.8 Å². The maximum absolute atomic E-state index is 12.4. The van der Waals surface area contributed by atoms with Crippen LogP contribution in [-0.4, -0.2) is 49.2 Å². The van der Waals surface area contributed by atoms with Gasteiger partial charge in [-0.15, -0.1) is 0 Å². The summed E-state index contributed by atoms with van der Waals surface area (Å²) in [6.07, 6.45) is 5.78. The van der Waals surface area contributed by atoms with Crippen molar-refractivity contribution < 1.29 is 19.0 Å². The first-order chi connectivity index (χ1) is 13.1. The number of halogens is 1. The van der Waals surface area contributed by atoms with Crippen molar-refractivity contribution in [2.24, 2.45) is 0 Å². The van der Waals surface area contributed by atoms with Gasteiger partial charge in [-0.25, -0.2) is 4.98 Å². The molecule has 0 bridgehead atoms. The molecule has 1 saturated heterocycles. The van der Waals surface area contributed by atoms with Crippen LogP contribution in [0.3, 0.4) is 0 Å². The lowest BCUT2D eigenvalue weighted by molar-refractivity contribution is -0.125. The molecule has 1 unspecified atom stereocenters. The largest absolute Gasteiger partial charge is 0.493 e. The van der Waals surface area contributed by atoms with Gasteiger partial charge in [0.2, 0.25) is 11.8 Å². The van der Waals surface area contributed by atoms with Crippen LogP contribution in [0, 0.1) is 0 Å². The number of carbonyl (C=O) groups is 1. The fourth-order valence-electron chi connectivity index (χ4n) is 2.86. The molecule has 2 aromatic rings. The van der Waals surface area contributed by atoms with Gasteiger partial charge >= 0.3 is 0 Å². The van der Waals surface area contributed by atoms with Gasteiger partial charge in [0.25, 0.3) is 0 Å². The summed E-state index contributed by atoms with van der Waals surface area (Å²) in [5.74, 6) is 1.81. The average Bonchev–Trinajstić information content (AvgIpc) is 3.16. The summed E-state index contributed by atoms with van der Waals surface area (Å²) < 4.78 is 17.3. The van der Waals surface area contributed by atoms with E-state index in [1.165, 1.54) is 0 Å². The Morgan fingerprint density at radius 2 is 2.04 bits per heavy atom. The second-order valence-electron chi connectivity index (χ2n) is 6.08. The molecule has 1 aromatic heterocycles. The third-order valence-electron chi connectivity index (χ3n) is 4.27. The van der Waals surface area contributed by atoms with Crippen LogP contribution in [-0.2, 0) is 4.79 Å². The number of nitrogens with zero attached hydrogens (tertiary/aromatic N) is 2. The van der Waals surface area contributed by atoms with Crippen LogP contribution in [0.25, 0.3) is 6.08 Å². The van der Waals surface area contributed by atoms with Gasteiger partial charge in [-0.2, -0.15) is 0 Å². The molecule has 0 N–H and O–H groups in total. The molecular weight excluding hydrogens is 412 g/mol. The van der Waals surface area contributed by atoms with Crippen LogP contribution >= 0.6 is 15.9 Å². The number of aromatic nitrogens is 1. The first-order valence-corrected chi connectivity index (χ1v) is 9.35. The van der Waals surface area contributed by atoms with Gasteiger partial charge in [-0.3, -0.25) is 4.79 Å². The molecule has 2 heterocycles. The number of carbonyl (C=O) groups excluding carboxylic acids is 1. The number of pyridine rings is 1. The lowest BCUT2D eigenvalue weighted by Gasteiger charge is -2.15. The van der Waals surface area contributed by atoms with Gasteiger partial charge < -0.3 is 19.1 Å². The lowest BCUT2D eigenvalue weighted by atomic mass is 10.2.